The molecule has 114 valence electrons. The third-order valence-electron chi connectivity index (χ3n) is 2.90. The summed E-state index contributed by atoms with van der Waals surface area (Å²) >= 11 is 0. The van der Waals surface area contributed by atoms with Gasteiger partial charge in [0.05, 0.1) is 6.26 Å². The lowest BCUT2D eigenvalue weighted by Crippen LogP contribution is -2.35. The lowest BCUT2D eigenvalue weighted by Gasteiger charge is -2.12. The second kappa shape index (κ2) is 7.83. The Kier molecular flexibility index (Phi) is 5.54. The van der Waals surface area contributed by atoms with E-state index in [2.05, 4.69) is 5.32 Å². The van der Waals surface area contributed by atoms with Gasteiger partial charge in [0.25, 0.3) is 5.91 Å². The normalized spacial score (nSPS) is 12.0. The molecule has 5 heteroatoms. The highest BCUT2D eigenvalue weighted by Gasteiger charge is 2.15. The minimum atomic E-state index is -0.863. The maximum Gasteiger partial charge on any atom is 0.331 e. The molecule has 0 unspecified atom stereocenters. The number of ether oxygens (including phenoxy) is 1. The fourth-order valence-corrected chi connectivity index (χ4v) is 1.73. The predicted molar refractivity (Wildman–Crippen MR) is 81.6 cm³/mol. The van der Waals surface area contributed by atoms with E-state index < -0.39 is 12.1 Å². The van der Waals surface area contributed by atoms with Crippen LogP contribution in [0.2, 0.25) is 0 Å². The van der Waals surface area contributed by atoms with Gasteiger partial charge in [-0.1, -0.05) is 30.3 Å². The molecule has 1 atom stereocenters. The van der Waals surface area contributed by atoms with Gasteiger partial charge in [-0.15, -0.1) is 0 Å². The molecule has 1 amide bonds. The van der Waals surface area contributed by atoms with Crippen molar-refractivity contribution in [3.8, 4) is 0 Å². The number of amides is 1. The number of esters is 1. The Balaban J connectivity index is 1.77. The largest absolute Gasteiger partial charge is 0.465 e. The Bertz CT molecular complexity index is 632. The molecule has 0 saturated carbocycles. The monoisotopic (exact) mass is 299 g/mol. The van der Waals surface area contributed by atoms with Crippen LogP contribution >= 0.6 is 0 Å². The van der Waals surface area contributed by atoms with E-state index in [1.54, 1.807) is 12.1 Å². The second-order valence-electron chi connectivity index (χ2n) is 4.63. The smallest absolute Gasteiger partial charge is 0.331 e. The molecule has 1 heterocycles. The van der Waals surface area contributed by atoms with E-state index in [9.17, 15) is 9.59 Å². The van der Waals surface area contributed by atoms with E-state index in [0.29, 0.717) is 12.3 Å². The van der Waals surface area contributed by atoms with Crippen LogP contribution in [0.3, 0.4) is 0 Å². The van der Waals surface area contributed by atoms with Crippen molar-refractivity contribution in [3.63, 3.8) is 0 Å². The summed E-state index contributed by atoms with van der Waals surface area (Å²) in [6.07, 6.45) is 3.35. The predicted octanol–water partition coefficient (Wildman–Crippen LogP) is 2.54. The second-order valence-corrected chi connectivity index (χ2v) is 4.63. The van der Waals surface area contributed by atoms with Gasteiger partial charge in [0.2, 0.25) is 0 Å². The molecule has 0 fully saturated rings. The zero-order valence-electron chi connectivity index (χ0n) is 12.2. The first-order chi connectivity index (χ1) is 10.6. The number of benzene rings is 1. The fraction of sp³-hybridized carbons (Fsp3) is 0.176. The number of hydrogen-bond acceptors (Lipinski definition) is 4. The number of carbonyl (C=O) groups excluding carboxylic acids is 2. The van der Waals surface area contributed by atoms with Crippen LogP contribution in [0, 0.1) is 0 Å². The molecule has 0 aliphatic heterocycles. The molecule has 0 saturated heterocycles. The van der Waals surface area contributed by atoms with Gasteiger partial charge < -0.3 is 14.5 Å². The maximum atomic E-state index is 11.9. The van der Waals surface area contributed by atoms with Crippen LogP contribution in [-0.2, 0) is 20.9 Å². The van der Waals surface area contributed by atoms with Crippen molar-refractivity contribution in [3.05, 3.63) is 66.1 Å². The molecule has 22 heavy (non-hydrogen) atoms. The molecule has 1 aromatic carbocycles. The lowest BCUT2D eigenvalue weighted by molar-refractivity contribution is -0.150. The Labute approximate surface area is 128 Å². The van der Waals surface area contributed by atoms with E-state index in [1.807, 2.05) is 30.3 Å². The first-order valence-electron chi connectivity index (χ1n) is 6.89. The van der Waals surface area contributed by atoms with Gasteiger partial charge in [0.15, 0.2) is 6.10 Å². The molecule has 1 aromatic heterocycles. The Morgan fingerprint density at radius 3 is 2.68 bits per heavy atom. The summed E-state index contributed by atoms with van der Waals surface area (Å²) in [5.41, 5.74) is 0.979. The van der Waals surface area contributed by atoms with Crippen molar-refractivity contribution in [2.45, 2.75) is 19.6 Å². The van der Waals surface area contributed by atoms with Crippen molar-refractivity contribution in [1.29, 1.82) is 0 Å². The highest BCUT2D eigenvalue weighted by molar-refractivity contribution is 5.90. The van der Waals surface area contributed by atoms with E-state index in [0.717, 1.165) is 5.56 Å². The van der Waals surface area contributed by atoms with Gasteiger partial charge in [0, 0.05) is 12.6 Å². The molecule has 5 nitrogen and oxygen atoms in total. The summed E-state index contributed by atoms with van der Waals surface area (Å²) in [5.74, 6) is -0.402. The molecule has 2 aromatic rings. The number of furan rings is 1. The SMILES string of the molecule is C[C@H](OC(=O)/C=C/c1ccco1)C(=O)NCc1ccccc1. The van der Waals surface area contributed by atoms with Crippen molar-refractivity contribution < 1.29 is 18.7 Å². The molecule has 0 aliphatic rings. The van der Waals surface area contributed by atoms with Crippen molar-refractivity contribution >= 4 is 18.0 Å². The maximum absolute atomic E-state index is 11.9. The van der Waals surface area contributed by atoms with Gasteiger partial charge in [-0.2, -0.15) is 0 Å². The van der Waals surface area contributed by atoms with Crippen LogP contribution in [0.15, 0.2) is 59.2 Å². The summed E-state index contributed by atoms with van der Waals surface area (Å²) in [6, 6.07) is 12.9. The van der Waals surface area contributed by atoms with Crippen LogP contribution in [0.4, 0.5) is 0 Å². The summed E-state index contributed by atoms with van der Waals surface area (Å²) in [5, 5.41) is 2.71. The van der Waals surface area contributed by atoms with Gasteiger partial charge in [0.1, 0.15) is 5.76 Å². The van der Waals surface area contributed by atoms with E-state index in [1.165, 1.54) is 25.3 Å². The van der Waals surface area contributed by atoms with Crippen molar-refractivity contribution in [2.75, 3.05) is 0 Å². The minimum absolute atomic E-state index is 0.344. The van der Waals surface area contributed by atoms with Crippen LogP contribution in [-0.4, -0.2) is 18.0 Å². The average molecular weight is 299 g/mol. The quantitative estimate of drug-likeness (QED) is 0.657. The zero-order chi connectivity index (χ0) is 15.8. The number of nitrogens with one attached hydrogen (secondary N) is 1. The van der Waals surface area contributed by atoms with E-state index >= 15 is 0 Å². The first-order valence-corrected chi connectivity index (χ1v) is 6.89. The van der Waals surface area contributed by atoms with Crippen LogP contribution < -0.4 is 5.32 Å². The molecule has 0 radical (unpaired) electrons. The number of rotatable bonds is 6. The average Bonchev–Trinajstić information content (AvgIpc) is 3.05. The molecule has 2 rings (SSSR count). The van der Waals surface area contributed by atoms with Gasteiger partial charge >= 0.3 is 5.97 Å². The van der Waals surface area contributed by atoms with Crippen molar-refractivity contribution in [2.24, 2.45) is 0 Å². The third kappa shape index (κ3) is 4.94. The summed E-state index contributed by atoms with van der Waals surface area (Å²) in [4.78, 5) is 23.5. The third-order valence-corrected chi connectivity index (χ3v) is 2.90. The highest BCUT2D eigenvalue weighted by Crippen LogP contribution is 2.03. The summed E-state index contributed by atoms with van der Waals surface area (Å²) in [6.45, 7) is 1.92. The fourth-order valence-electron chi connectivity index (χ4n) is 1.73. The molecular weight excluding hydrogens is 282 g/mol. The topological polar surface area (TPSA) is 68.5 Å². The molecular formula is C17H17NO4. The lowest BCUT2D eigenvalue weighted by atomic mass is 10.2. The van der Waals surface area contributed by atoms with Crippen LogP contribution in [0.5, 0.6) is 0 Å². The summed E-state index contributed by atoms with van der Waals surface area (Å²) < 4.78 is 10.1. The summed E-state index contributed by atoms with van der Waals surface area (Å²) in [7, 11) is 0. The van der Waals surface area contributed by atoms with Crippen LogP contribution in [0.1, 0.15) is 18.2 Å². The number of hydrogen-bond donors (Lipinski definition) is 1. The highest BCUT2D eigenvalue weighted by atomic mass is 16.5. The Hall–Kier alpha value is -2.82. The molecule has 0 bridgehead atoms. The van der Waals surface area contributed by atoms with Gasteiger partial charge in [-0.25, -0.2) is 4.79 Å². The molecule has 1 N–H and O–H groups in total. The molecule has 0 spiro atoms. The minimum Gasteiger partial charge on any atom is -0.465 e. The van der Waals surface area contributed by atoms with Gasteiger partial charge in [-0.05, 0) is 30.7 Å². The first kappa shape index (κ1) is 15.6. The molecule has 0 aliphatic carbocycles. The Morgan fingerprint density at radius 1 is 1.23 bits per heavy atom. The van der Waals surface area contributed by atoms with E-state index in [-0.39, 0.29) is 5.91 Å². The van der Waals surface area contributed by atoms with Crippen LogP contribution in [0.25, 0.3) is 6.08 Å². The Morgan fingerprint density at radius 2 is 2.00 bits per heavy atom. The zero-order valence-corrected chi connectivity index (χ0v) is 12.2. The standard InChI is InChI=1S/C17H17NO4/c1-13(17(20)18-12-14-6-3-2-4-7-14)22-16(19)10-9-15-8-5-11-21-15/h2-11,13H,12H2,1H3,(H,18,20)/b10-9+/t13-/m0/s1. The van der Waals surface area contributed by atoms with E-state index in [4.69, 9.17) is 9.15 Å². The number of carbonyl (C=O) groups is 2. The van der Waals surface area contributed by atoms with Crippen molar-refractivity contribution in [1.82, 2.24) is 5.32 Å². The van der Waals surface area contributed by atoms with Gasteiger partial charge in [-0.3, -0.25) is 4.79 Å².